The van der Waals surface area contributed by atoms with E-state index >= 15 is 0 Å². The number of fused-ring (bicyclic) bond motifs is 15. The molecule has 6 heteroatoms. The summed E-state index contributed by atoms with van der Waals surface area (Å²) in [6.45, 7) is 0. The van der Waals surface area contributed by atoms with Crippen molar-refractivity contribution in [1.29, 1.82) is 0 Å². The highest BCUT2D eigenvalue weighted by Gasteiger charge is 2.23. The van der Waals surface area contributed by atoms with Crippen LogP contribution in [0.4, 0.5) is 0 Å². The molecule has 8 aromatic carbocycles. The van der Waals surface area contributed by atoms with Crippen LogP contribution >= 0.6 is 11.3 Å². The molecule has 0 amide bonds. The molecule has 0 saturated heterocycles. The van der Waals surface area contributed by atoms with Crippen molar-refractivity contribution in [3.8, 4) is 28.3 Å². The van der Waals surface area contributed by atoms with E-state index in [1.165, 1.54) is 63.8 Å². The highest BCUT2D eigenvalue weighted by atomic mass is 32.1. The van der Waals surface area contributed by atoms with Gasteiger partial charge < -0.3 is 8.82 Å². The monoisotopic (exact) mass is 756 g/mol. The Balaban J connectivity index is 0.991. The Kier molecular flexibility index (Phi) is 5.85. The number of aromatic nitrogens is 4. The second-order valence-electron chi connectivity index (χ2n) is 15.3. The molecule has 268 valence electrons. The first-order valence-corrected chi connectivity index (χ1v) is 20.4. The van der Waals surface area contributed by atoms with Crippen LogP contribution in [0.25, 0.3) is 130 Å². The van der Waals surface area contributed by atoms with Gasteiger partial charge in [0.1, 0.15) is 5.58 Å². The molecule has 0 spiro atoms. The van der Waals surface area contributed by atoms with Gasteiger partial charge in [-0.25, -0.2) is 4.98 Å². The second-order valence-corrected chi connectivity index (χ2v) is 16.4. The van der Waals surface area contributed by atoms with E-state index in [0.717, 1.165) is 55.0 Å². The molecule has 0 aliphatic heterocycles. The number of thiophene rings is 1. The number of hydrogen-bond acceptors (Lipinski definition) is 4. The number of furan rings is 1. The molecule has 0 unspecified atom stereocenters. The van der Waals surface area contributed by atoms with Crippen LogP contribution in [0.1, 0.15) is 0 Å². The first kappa shape index (κ1) is 30.7. The van der Waals surface area contributed by atoms with E-state index in [4.69, 9.17) is 14.4 Å². The van der Waals surface area contributed by atoms with Crippen LogP contribution in [-0.4, -0.2) is 18.9 Å². The largest absolute Gasteiger partial charge is 0.437 e. The SMILES string of the molecule is c1ccc2c(c1)oc1nc(-n3c4ccccc4c4cc(-c5ccc6c(c5)c5cccc7c8ccccc8n6c75)ccc43)nc(-c3ccc4sc5ccccc5c4c3)c12. The molecule has 14 aromatic rings. The summed E-state index contributed by atoms with van der Waals surface area (Å²) in [4.78, 5) is 10.7. The van der Waals surface area contributed by atoms with Gasteiger partial charge in [0.05, 0.1) is 38.7 Å². The molecule has 58 heavy (non-hydrogen) atoms. The molecule has 0 fully saturated rings. The summed E-state index contributed by atoms with van der Waals surface area (Å²) in [5.74, 6) is 0.579. The van der Waals surface area contributed by atoms with Gasteiger partial charge in [-0.15, -0.1) is 11.3 Å². The average molecular weight is 757 g/mol. The van der Waals surface area contributed by atoms with Crippen molar-refractivity contribution in [3.63, 3.8) is 0 Å². The zero-order chi connectivity index (χ0) is 37.6. The number of para-hydroxylation sites is 4. The Hall–Kier alpha value is -7.54. The van der Waals surface area contributed by atoms with E-state index in [9.17, 15) is 0 Å². The third-order valence-corrected chi connectivity index (χ3v) is 13.5. The summed E-state index contributed by atoms with van der Waals surface area (Å²) in [6, 6.07) is 61.2. The van der Waals surface area contributed by atoms with Crippen molar-refractivity contribution in [2.75, 3.05) is 0 Å². The average Bonchev–Trinajstić information content (AvgIpc) is 4.08. The van der Waals surface area contributed by atoms with Crippen LogP contribution < -0.4 is 0 Å². The van der Waals surface area contributed by atoms with Gasteiger partial charge >= 0.3 is 0 Å². The van der Waals surface area contributed by atoms with Gasteiger partial charge in [-0.1, -0.05) is 109 Å². The number of rotatable bonds is 3. The Labute approximate surface area is 333 Å². The molecule has 14 rings (SSSR count). The normalized spacial score (nSPS) is 12.5. The predicted octanol–water partition coefficient (Wildman–Crippen LogP) is 14.3. The molecule has 6 aromatic heterocycles. The fraction of sp³-hybridized carbons (Fsp3) is 0. The molecule has 0 aliphatic rings. The molecular weight excluding hydrogens is 729 g/mol. The quantitative estimate of drug-likeness (QED) is 0.180. The lowest BCUT2D eigenvalue weighted by Crippen LogP contribution is -2.02. The van der Waals surface area contributed by atoms with E-state index in [1.54, 1.807) is 0 Å². The summed E-state index contributed by atoms with van der Waals surface area (Å²) >= 11 is 1.82. The number of benzene rings is 8. The smallest absolute Gasteiger partial charge is 0.238 e. The molecule has 0 atom stereocenters. The van der Waals surface area contributed by atoms with Gasteiger partial charge in [0.15, 0.2) is 0 Å². The van der Waals surface area contributed by atoms with E-state index in [1.807, 2.05) is 23.5 Å². The zero-order valence-corrected chi connectivity index (χ0v) is 31.6. The summed E-state index contributed by atoms with van der Waals surface area (Å²) in [5, 5.41) is 11.9. The lowest BCUT2D eigenvalue weighted by molar-refractivity contribution is 0.651. The fourth-order valence-electron chi connectivity index (χ4n) is 9.77. The Morgan fingerprint density at radius 3 is 1.83 bits per heavy atom. The number of hydrogen-bond donors (Lipinski definition) is 0. The zero-order valence-electron chi connectivity index (χ0n) is 30.8. The van der Waals surface area contributed by atoms with Crippen LogP contribution in [0.3, 0.4) is 0 Å². The maximum Gasteiger partial charge on any atom is 0.238 e. The predicted molar refractivity (Wildman–Crippen MR) is 242 cm³/mol. The molecule has 0 bridgehead atoms. The Morgan fingerprint density at radius 2 is 0.983 bits per heavy atom. The molecule has 0 radical (unpaired) electrons. The van der Waals surface area contributed by atoms with Crippen LogP contribution in [-0.2, 0) is 0 Å². The maximum absolute atomic E-state index is 6.53. The topological polar surface area (TPSA) is 48.3 Å². The molecule has 0 N–H and O–H groups in total. The second kappa shape index (κ2) is 11.1. The van der Waals surface area contributed by atoms with Crippen LogP contribution in [0.5, 0.6) is 0 Å². The fourth-order valence-corrected chi connectivity index (χ4v) is 10.9. The van der Waals surface area contributed by atoms with E-state index < -0.39 is 0 Å². The highest BCUT2D eigenvalue weighted by Crippen LogP contribution is 2.43. The maximum atomic E-state index is 6.53. The Morgan fingerprint density at radius 1 is 0.414 bits per heavy atom. The van der Waals surface area contributed by atoms with E-state index in [-0.39, 0.29) is 0 Å². The third-order valence-electron chi connectivity index (χ3n) is 12.3. The van der Waals surface area contributed by atoms with Crippen LogP contribution in [0.15, 0.2) is 174 Å². The van der Waals surface area contributed by atoms with E-state index in [2.05, 4.69) is 167 Å². The van der Waals surface area contributed by atoms with Gasteiger partial charge in [0.25, 0.3) is 0 Å². The van der Waals surface area contributed by atoms with Gasteiger partial charge in [0, 0.05) is 63.4 Å². The minimum atomic E-state index is 0.574. The minimum absolute atomic E-state index is 0.574. The lowest BCUT2D eigenvalue weighted by atomic mass is 10.00. The molecule has 5 nitrogen and oxygen atoms in total. The molecule has 0 aliphatic carbocycles. The number of nitrogens with zero attached hydrogens (tertiary/aromatic N) is 4. The van der Waals surface area contributed by atoms with Crippen LogP contribution in [0, 0.1) is 0 Å². The van der Waals surface area contributed by atoms with Crippen molar-refractivity contribution in [2.45, 2.75) is 0 Å². The van der Waals surface area contributed by atoms with Crippen molar-refractivity contribution >= 4 is 113 Å². The third kappa shape index (κ3) is 3.99. The van der Waals surface area contributed by atoms with Gasteiger partial charge in [-0.3, -0.25) is 4.57 Å². The first-order valence-electron chi connectivity index (χ1n) is 19.6. The molecule has 6 heterocycles. The standard InChI is InChI=1S/C52H28N4OS/c1-5-16-41-32(10-1)35-14-9-15-36-39-27-30(20-23-43(39)55(41)50(35)36)29-21-24-44-38(26-29)33-11-2-6-17-42(33)56(44)52-53-49(48-37-13-3-7-18-45(37)57-51(48)54-52)31-22-25-47-40(28-31)34-12-4-8-19-46(34)58-47/h1-28H. The van der Waals surface area contributed by atoms with Crippen molar-refractivity contribution in [1.82, 2.24) is 18.9 Å². The van der Waals surface area contributed by atoms with E-state index in [0.29, 0.717) is 11.7 Å². The minimum Gasteiger partial charge on any atom is -0.437 e. The molecular formula is C52H28N4OS. The van der Waals surface area contributed by atoms with Crippen molar-refractivity contribution in [3.05, 3.63) is 170 Å². The van der Waals surface area contributed by atoms with Gasteiger partial charge in [0.2, 0.25) is 11.7 Å². The summed E-state index contributed by atoms with van der Waals surface area (Å²) in [5.41, 5.74) is 11.5. The van der Waals surface area contributed by atoms with Crippen LogP contribution in [0.2, 0.25) is 0 Å². The van der Waals surface area contributed by atoms with Gasteiger partial charge in [-0.05, 0) is 71.8 Å². The summed E-state index contributed by atoms with van der Waals surface area (Å²) in [7, 11) is 0. The first-order chi connectivity index (χ1) is 28.7. The highest BCUT2D eigenvalue weighted by molar-refractivity contribution is 7.25. The van der Waals surface area contributed by atoms with Crippen molar-refractivity contribution in [2.24, 2.45) is 0 Å². The lowest BCUT2D eigenvalue weighted by Gasteiger charge is -2.10. The molecule has 0 saturated carbocycles. The van der Waals surface area contributed by atoms with Gasteiger partial charge in [-0.2, -0.15) is 4.98 Å². The summed E-state index contributed by atoms with van der Waals surface area (Å²) in [6.07, 6.45) is 0. The summed E-state index contributed by atoms with van der Waals surface area (Å²) < 4.78 is 13.7. The Bertz CT molecular complexity index is 4050. The van der Waals surface area contributed by atoms with Crippen molar-refractivity contribution < 1.29 is 4.42 Å².